The molecule has 3 N–H and O–H groups in total. The van der Waals surface area contributed by atoms with Crippen molar-refractivity contribution in [3.8, 4) is 5.75 Å². The van der Waals surface area contributed by atoms with Crippen molar-refractivity contribution in [1.29, 1.82) is 0 Å². The largest absolute Gasteiger partial charge is 0.495 e. The van der Waals surface area contributed by atoms with Crippen LogP contribution in [0.2, 0.25) is 5.02 Å². The van der Waals surface area contributed by atoms with Gasteiger partial charge in [-0.1, -0.05) is 23.7 Å². The van der Waals surface area contributed by atoms with Crippen molar-refractivity contribution in [3.05, 3.63) is 53.1 Å². The molecule has 2 rings (SSSR count). The first-order valence-electron chi connectivity index (χ1n) is 6.09. The number of carbonyl (C=O) groups is 1. The van der Waals surface area contributed by atoms with Crippen molar-refractivity contribution >= 4 is 33.2 Å². The highest BCUT2D eigenvalue weighted by Gasteiger charge is 2.16. The maximum Gasteiger partial charge on any atom is 0.257 e. The molecule has 0 aliphatic heterocycles. The zero-order valence-electron chi connectivity index (χ0n) is 11.5. The van der Waals surface area contributed by atoms with E-state index < -0.39 is 15.9 Å². The number of halogens is 1. The summed E-state index contributed by atoms with van der Waals surface area (Å²) in [5.74, 6) is -0.191. The van der Waals surface area contributed by atoms with Crippen molar-refractivity contribution in [3.63, 3.8) is 0 Å². The summed E-state index contributed by atoms with van der Waals surface area (Å²) < 4.78 is 27.9. The minimum Gasteiger partial charge on any atom is -0.495 e. The molecule has 0 unspecified atom stereocenters. The summed E-state index contributed by atoms with van der Waals surface area (Å²) >= 11 is 5.95. The molecule has 0 heterocycles. The number of primary sulfonamides is 1. The molecule has 0 bridgehead atoms. The Kier molecular flexibility index (Phi) is 4.70. The fourth-order valence-electron chi connectivity index (χ4n) is 1.80. The van der Waals surface area contributed by atoms with Crippen LogP contribution in [0, 0.1) is 0 Å². The smallest absolute Gasteiger partial charge is 0.257 e. The highest BCUT2D eigenvalue weighted by Crippen LogP contribution is 2.28. The van der Waals surface area contributed by atoms with Gasteiger partial charge in [0.1, 0.15) is 5.75 Å². The molecule has 0 radical (unpaired) electrons. The zero-order valence-corrected chi connectivity index (χ0v) is 13.1. The number of benzene rings is 2. The van der Waals surface area contributed by atoms with Crippen LogP contribution in [0.15, 0.2) is 47.4 Å². The number of nitrogens with two attached hydrogens (primary N) is 1. The van der Waals surface area contributed by atoms with Gasteiger partial charge in [-0.3, -0.25) is 4.79 Å². The normalized spacial score (nSPS) is 11.0. The van der Waals surface area contributed by atoms with Crippen molar-refractivity contribution in [2.24, 2.45) is 5.14 Å². The highest BCUT2D eigenvalue weighted by molar-refractivity contribution is 7.89. The Morgan fingerprint density at radius 2 is 1.91 bits per heavy atom. The predicted molar refractivity (Wildman–Crippen MR) is 83.8 cm³/mol. The average molecular weight is 341 g/mol. The molecule has 2 aromatic rings. The van der Waals surface area contributed by atoms with Crippen LogP contribution in [-0.2, 0) is 10.0 Å². The van der Waals surface area contributed by atoms with Crippen LogP contribution >= 0.6 is 11.6 Å². The van der Waals surface area contributed by atoms with E-state index in [1.54, 1.807) is 24.3 Å². The summed E-state index contributed by atoms with van der Waals surface area (Å²) in [7, 11) is -2.49. The summed E-state index contributed by atoms with van der Waals surface area (Å²) in [6.07, 6.45) is 0. The van der Waals surface area contributed by atoms with Gasteiger partial charge in [-0.15, -0.1) is 0 Å². The Bertz CT molecular complexity index is 821. The van der Waals surface area contributed by atoms with Gasteiger partial charge in [-0.25, -0.2) is 13.6 Å². The van der Waals surface area contributed by atoms with Crippen LogP contribution < -0.4 is 15.2 Å². The first-order valence-corrected chi connectivity index (χ1v) is 8.02. The van der Waals surface area contributed by atoms with Gasteiger partial charge in [0.2, 0.25) is 10.0 Å². The molecular weight excluding hydrogens is 328 g/mol. The van der Waals surface area contributed by atoms with Gasteiger partial charge in [0.05, 0.1) is 28.3 Å². The monoisotopic (exact) mass is 340 g/mol. The Balaban J connectivity index is 2.40. The van der Waals surface area contributed by atoms with Gasteiger partial charge in [-0.05, 0) is 30.3 Å². The van der Waals surface area contributed by atoms with Gasteiger partial charge >= 0.3 is 0 Å². The van der Waals surface area contributed by atoms with E-state index in [0.717, 1.165) is 0 Å². The van der Waals surface area contributed by atoms with E-state index in [0.29, 0.717) is 5.75 Å². The van der Waals surface area contributed by atoms with E-state index >= 15 is 0 Å². The van der Waals surface area contributed by atoms with Gasteiger partial charge < -0.3 is 10.1 Å². The summed E-state index contributed by atoms with van der Waals surface area (Å²) in [6.45, 7) is 0. The van der Waals surface area contributed by atoms with Gasteiger partial charge in [0, 0.05) is 0 Å². The van der Waals surface area contributed by atoms with Crippen molar-refractivity contribution < 1.29 is 17.9 Å². The fraction of sp³-hybridized carbons (Fsp3) is 0.0714. The molecule has 0 atom stereocenters. The number of rotatable bonds is 4. The maximum absolute atomic E-state index is 12.2. The highest BCUT2D eigenvalue weighted by atomic mass is 35.5. The second-order valence-corrected chi connectivity index (χ2v) is 6.31. The fourth-order valence-corrected chi connectivity index (χ4v) is 2.56. The lowest BCUT2D eigenvalue weighted by Crippen LogP contribution is -2.15. The molecular formula is C14H13ClN2O4S. The number of ether oxygens (including phenoxy) is 1. The van der Waals surface area contributed by atoms with Crippen LogP contribution in [0.25, 0.3) is 0 Å². The number of anilines is 1. The predicted octanol–water partition coefficient (Wildman–Crippen LogP) is 2.25. The van der Waals surface area contributed by atoms with E-state index in [9.17, 15) is 13.2 Å². The third kappa shape index (κ3) is 3.56. The lowest BCUT2D eigenvalue weighted by atomic mass is 10.2. The van der Waals surface area contributed by atoms with Gasteiger partial charge in [0.15, 0.2) is 0 Å². The average Bonchev–Trinajstić information content (AvgIpc) is 2.46. The van der Waals surface area contributed by atoms with E-state index in [-0.39, 0.29) is 21.2 Å². The van der Waals surface area contributed by atoms with Crippen molar-refractivity contribution in [1.82, 2.24) is 0 Å². The number of hydrogen-bond acceptors (Lipinski definition) is 4. The third-order valence-electron chi connectivity index (χ3n) is 2.87. The maximum atomic E-state index is 12.2. The molecule has 0 aromatic heterocycles. The number of nitrogens with one attached hydrogen (secondary N) is 1. The van der Waals surface area contributed by atoms with Crippen molar-refractivity contribution in [2.45, 2.75) is 4.90 Å². The molecule has 8 heteroatoms. The Morgan fingerprint density at radius 1 is 1.23 bits per heavy atom. The van der Waals surface area contributed by atoms with Crippen LogP contribution in [0.4, 0.5) is 5.69 Å². The number of methoxy groups -OCH3 is 1. The molecule has 2 aromatic carbocycles. The van der Waals surface area contributed by atoms with Crippen LogP contribution in [0.3, 0.4) is 0 Å². The number of hydrogen-bond donors (Lipinski definition) is 2. The van der Waals surface area contributed by atoms with Crippen molar-refractivity contribution in [2.75, 3.05) is 12.4 Å². The summed E-state index contributed by atoms with van der Waals surface area (Å²) in [6, 6.07) is 10.4. The van der Waals surface area contributed by atoms with E-state index in [4.69, 9.17) is 21.5 Å². The zero-order chi connectivity index (χ0) is 16.3. The summed E-state index contributed by atoms with van der Waals surface area (Å²) in [5, 5.41) is 7.92. The SMILES string of the molecule is COc1ccc(S(N)(=O)=O)cc1NC(=O)c1ccccc1Cl. The molecule has 0 saturated carbocycles. The van der Waals surface area contributed by atoms with Gasteiger partial charge in [0.25, 0.3) is 5.91 Å². The first-order chi connectivity index (χ1) is 10.3. The van der Waals surface area contributed by atoms with Crippen LogP contribution in [0.5, 0.6) is 5.75 Å². The van der Waals surface area contributed by atoms with E-state index in [2.05, 4.69) is 5.32 Å². The molecule has 1 amide bonds. The topological polar surface area (TPSA) is 98.5 Å². The first kappa shape index (κ1) is 16.3. The molecule has 116 valence electrons. The standard InChI is InChI=1S/C14H13ClN2O4S/c1-21-13-7-6-9(22(16,19)20)8-12(13)17-14(18)10-4-2-3-5-11(10)15/h2-8H,1H3,(H,17,18)(H2,16,19,20). The Labute approximate surface area is 132 Å². The molecule has 0 aliphatic carbocycles. The van der Waals surface area contributed by atoms with E-state index in [1.807, 2.05) is 0 Å². The Hall–Kier alpha value is -2.09. The second-order valence-electron chi connectivity index (χ2n) is 4.34. The number of carbonyl (C=O) groups excluding carboxylic acids is 1. The number of sulfonamides is 1. The van der Waals surface area contributed by atoms with E-state index in [1.165, 1.54) is 25.3 Å². The molecule has 0 aliphatic rings. The molecule has 6 nitrogen and oxygen atoms in total. The molecule has 22 heavy (non-hydrogen) atoms. The summed E-state index contributed by atoms with van der Waals surface area (Å²) in [5.41, 5.74) is 0.436. The van der Waals surface area contributed by atoms with Crippen LogP contribution in [-0.4, -0.2) is 21.4 Å². The minimum absolute atomic E-state index is 0.136. The molecule has 0 saturated heterocycles. The molecule has 0 spiro atoms. The third-order valence-corrected chi connectivity index (χ3v) is 4.11. The number of amides is 1. The Morgan fingerprint density at radius 3 is 2.50 bits per heavy atom. The quantitative estimate of drug-likeness (QED) is 0.891. The minimum atomic E-state index is -3.89. The van der Waals surface area contributed by atoms with Gasteiger partial charge in [-0.2, -0.15) is 0 Å². The lowest BCUT2D eigenvalue weighted by molar-refractivity contribution is 0.102. The molecule has 0 fully saturated rings. The second kappa shape index (κ2) is 6.35. The summed E-state index contributed by atoms with van der Waals surface area (Å²) in [4.78, 5) is 12.1. The lowest BCUT2D eigenvalue weighted by Gasteiger charge is -2.12. The van der Waals surface area contributed by atoms with Crippen LogP contribution in [0.1, 0.15) is 10.4 Å².